The summed E-state index contributed by atoms with van der Waals surface area (Å²) in [6.45, 7) is 21.4. The van der Waals surface area contributed by atoms with Gasteiger partial charge in [-0.2, -0.15) is 0 Å². The Morgan fingerprint density at radius 3 is 2.03 bits per heavy atom. The topological polar surface area (TPSA) is 122 Å². The maximum absolute atomic E-state index is 11.3. The van der Waals surface area contributed by atoms with Crippen LogP contribution in [0.15, 0.2) is 12.2 Å². The number of allylic oxidation sites excluding steroid dienone is 1. The van der Waals surface area contributed by atoms with Crippen molar-refractivity contribution in [3.63, 3.8) is 0 Å². The smallest absolute Gasteiger partial charge is 0.112 e. The zero-order valence-corrected chi connectivity index (χ0v) is 27.0. The molecule has 1 rings (SSSR count). The Labute approximate surface area is 243 Å². The van der Waals surface area contributed by atoms with E-state index < -0.39 is 48.1 Å². The second kappa shape index (κ2) is 14.5. The molecule has 7 nitrogen and oxygen atoms in total. The van der Waals surface area contributed by atoms with E-state index >= 15 is 0 Å². The van der Waals surface area contributed by atoms with Crippen molar-refractivity contribution in [1.29, 1.82) is 0 Å². The summed E-state index contributed by atoms with van der Waals surface area (Å²) in [5.74, 6) is 0. The van der Waals surface area contributed by atoms with Crippen LogP contribution in [0, 0.1) is 21.7 Å². The Morgan fingerprint density at radius 2 is 1.49 bits per heavy atom. The molecule has 0 saturated carbocycles. The first-order chi connectivity index (χ1) is 17.5. The van der Waals surface area contributed by atoms with E-state index in [0.717, 1.165) is 12.8 Å². The third kappa shape index (κ3) is 13.7. The minimum Gasteiger partial charge on any atom is -0.392 e. The van der Waals surface area contributed by atoms with Crippen molar-refractivity contribution in [2.24, 2.45) is 21.7 Å². The van der Waals surface area contributed by atoms with Crippen LogP contribution in [0.25, 0.3) is 0 Å². The van der Waals surface area contributed by atoms with Crippen molar-refractivity contribution >= 4 is 17.2 Å². The Hall–Kier alpha value is -0.610. The minimum absolute atomic E-state index is 0.0116. The normalized spacial score (nSPS) is 25.9. The van der Waals surface area contributed by atoms with Crippen molar-refractivity contribution in [1.82, 2.24) is 5.32 Å². The lowest BCUT2D eigenvalue weighted by Gasteiger charge is -2.39. The predicted molar refractivity (Wildman–Crippen MR) is 163 cm³/mol. The highest BCUT2D eigenvalue weighted by Crippen LogP contribution is 2.38. The molecular formula is C31H59NO6S. The molecule has 230 valence electrons. The molecule has 0 bridgehead atoms. The molecule has 0 aliphatic heterocycles. The van der Waals surface area contributed by atoms with Gasteiger partial charge >= 0.3 is 0 Å². The van der Waals surface area contributed by atoms with Crippen LogP contribution in [0.3, 0.4) is 0 Å². The van der Waals surface area contributed by atoms with E-state index in [1.165, 1.54) is 0 Å². The molecule has 0 aromatic rings. The van der Waals surface area contributed by atoms with Crippen molar-refractivity contribution in [2.75, 3.05) is 6.61 Å². The molecule has 7 atom stereocenters. The summed E-state index contributed by atoms with van der Waals surface area (Å²) < 4.78 is 6.02. The minimum atomic E-state index is -1.34. The molecule has 0 fully saturated rings. The van der Waals surface area contributed by atoms with Crippen molar-refractivity contribution in [2.45, 2.75) is 150 Å². The molecule has 0 saturated heterocycles. The van der Waals surface area contributed by atoms with Crippen LogP contribution >= 0.6 is 12.2 Å². The standard InChI is InChI=1S/C31H59NO6S/c1-28(2,3)18-30(7,8)16-25(39)32-20(22(34)15-24(35)31(9,10)19-29(4,5)6)17-38-23-14-12-11-13-21(33)26(36)27(23)37/h12,14,20-24,26-27,33-37H,11,13,15-19H2,1-10H3,(H,32,39). The molecule has 0 radical (unpaired) electrons. The van der Waals surface area contributed by atoms with Gasteiger partial charge in [0.25, 0.3) is 0 Å². The first-order valence-electron chi connectivity index (χ1n) is 14.5. The Balaban J connectivity index is 3.08. The third-order valence-corrected chi connectivity index (χ3v) is 7.58. The fourth-order valence-electron chi connectivity index (χ4n) is 6.21. The summed E-state index contributed by atoms with van der Waals surface area (Å²) in [5.41, 5.74) is -0.331. The van der Waals surface area contributed by atoms with E-state index in [2.05, 4.69) is 60.7 Å². The predicted octanol–water partition coefficient (Wildman–Crippen LogP) is 4.52. The van der Waals surface area contributed by atoms with E-state index in [-0.39, 0.29) is 29.3 Å². The first kappa shape index (κ1) is 36.4. The monoisotopic (exact) mass is 573 g/mol. The molecule has 0 spiro atoms. The summed E-state index contributed by atoms with van der Waals surface area (Å²) >= 11 is 5.74. The van der Waals surface area contributed by atoms with Crippen molar-refractivity contribution < 1.29 is 30.3 Å². The molecule has 39 heavy (non-hydrogen) atoms. The molecular weight excluding hydrogens is 514 g/mol. The second-order valence-electron chi connectivity index (χ2n) is 15.6. The summed E-state index contributed by atoms with van der Waals surface area (Å²) in [5, 5.41) is 56.8. The summed E-state index contributed by atoms with van der Waals surface area (Å²) in [4.78, 5) is 0.601. The van der Waals surface area contributed by atoms with Crippen LogP contribution in [0.4, 0.5) is 0 Å². The summed E-state index contributed by atoms with van der Waals surface area (Å²) in [6, 6.07) is -0.642. The van der Waals surface area contributed by atoms with Crippen LogP contribution in [0.5, 0.6) is 0 Å². The van der Waals surface area contributed by atoms with Crippen molar-refractivity contribution in [3.8, 4) is 0 Å². The lowest BCUT2D eigenvalue weighted by molar-refractivity contribution is -0.118. The number of hydrogen-bond acceptors (Lipinski definition) is 7. The number of nitrogens with one attached hydrogen (secondary N) is 1. The average Bonchev–Trinajstić information content (AvgIpc) is 2.71. The number of thiocarbonyl (C=S) groups is 1. The van der Waals surface area contributed by atoms with Gasteiger partial charge in [0.05, 0.1) is 35.9 Å². The molecule has 0 amide bonds. The van der Waals surface area contributed by atoms with Crippen molar-refractivity contribution in [3.05, 3.63) is 12.2 Å². The van der Waals surface area contributed by atoms with Gasteiger partial charge in [-0.15, -0.1) is 0 Å². The third-order valence-electron chi connectivity index (χ3n) is 7.32. The van der Waals surface area contributed by atoms with Crippen LogP contribution in [0.2, 0.25) is 0 Å². The molecule has 7 unspecified atom stereocenters. The maximum Gasteiger partial charge on any atom is 0.112 e. The lowest BCUT2D eigenvalue weighted by atomic mass is 9.71. The Morgan fingerprint density at radius 1 is 0.923 bits per heavy atom. The van der Waals surface area contributed by atoms with Crippen LogP contribution < -0.4 is 5.32 Å². The fraction of sp³-hybridized carbons (Fsp3) is 0.903. The highest BCUT2D eigenvalue weighted by molar-refractivity contribution is 7.80. The molecule has 1 aliphatic rings. The highest BCUT2D eigenvalue weighted by Gasteiger charge is 2.37. The number of rotatable bonds is 12. The van der Waals surface area contributed by atoms with E-state index in [1.807, 2.05) is 19.9 Å². The van der Waals surface area contributed by atoms with Gasteiger partial charge in [-0.3, -0.25) is 0 Å². The average molecular weight is 574 g/mol. The number of aliphatic hydroxyl groups excluding tert-OH is 5. The second-order valence-corrected chi connectivity index (χ2v) is 16.1. The molecule has 0 aromatic heterocycles. The summed E-state index contributed by atoms with van der Waals surface area (Å²) in [7, 11) is 0. The Bertz CT molecular complexity index is 785. The van der Waals surface area contributed by atoms with Gasteiger partial charge < -0.3 is 35.6 Å². The number of aliphatic hydroxyl groups is 5. The molecule has 1 aliphatic carbocycles. The van der Waals surface area contributed by atoms with Gasteiger partial charge in [0, 0.05) is 12.8 Å². The van der Waals surface area contributed by atoms with Gasteiger partial charge in [-0.25, -0.2) is 0 Å². The molecule has 6 N–H and O–H groups in total. The van der Waals surface area contributed by atoms with E-state index in [1.54, 1.807) is 6.08 Å². The lowest BCUT2D eigenvalue weighted by Crippen LogP contribution is -2.51. The van der Waals surface area contributed by atoms with Gasteiger partial charge in [-0.05, 0) is 47.3 Å². The first-order valence-corrected chi connectivity index (χ1v) is 14.9. The molecule has 0 aromatic carbocycles. The summed E-state index contributed by atoms with van der Waals surface area (Å²) in [6.07, 6.45) is 0.606. The molecule has 8 heteroatoms. The SMILES string of the molecule is CC(C)(C)CC(C)(C)CC(=S)NC(COC1C=CCCC(O)C(O)C1O)C(O)CC(O)C(C)(C)CC(C)(C)C. The Kier molecular flexibility index (Phi) is 13.6. The van der Waals surface area contributed by atoms with E-state index in [0.29, 0.717) is 24.3 Å². The van der Waals surface area contributed by atoms with Gasteiger partial charge in [0.15, 0.2) is 0 Å². The maximum atomic E-state index is 11.3. The number of ether oxygens (including phenoxy) is 1. The molecule has 0 heterocycles. The van der Waals surface area contributed by atoms with Gasteiger partial charge in [0.1, 0.15) is 18.3 Å². The van der Waals surface area contributed by atoms with Gasteiger partial charge in [0.2, 0.25) is 0 Å². The largest absolute Gasteiger partial charge is 0.392 e. The zero-order valence-electron chi connectivity index (χ0n) is 26.2. The van der Waals surface area contributed by atoms with E-state index in [4.69, 9.17) is 17.0 Å². The van der Waals surface area contributed by atoms with Crippen LogP contribution in [0.1, 0.15) is 108 Å². The van der Waals surface area contributed by atoms with E-state index in [9.17, 15) is 25.5 Å². The highest BCUT2D eigenvalue weighted by atomic mass is 32.1. The zero-order chi connectivity index (χ0) is 30.4. The van der Waals surface area contributed by atoms with Crippen LogP contribution in [-0.4, -0.2) is 79.8 Å². The quantitative estimate of drug-likeness (QED) is 0.149. The van der Waals surface area contributed by atoms with Crippen LogP contribution in [-0.2, 0) is 4.74 Å². The van der Waals surface area contributed by atoms with Gasteiger partial charge in [-0.1, -0.05) is 93.6 Å². The fourth-order valence-corrected chi connectivity index (χ4v) is 6.75. The number of hydrogen-bond donors (Lipinski definition) is 6.